The maximum atomic E-state index is 12.3. The van der Waals surface area contributed by atoms with Crippen molar-refractivity contribution in [3.05, 3.63) is 58.1 Å². The van der Waals surface area contributed by atoms with Crippen molar-refractivity contribution in [1.82, 2.24) is 5.32 Å². The Morgan fingerprint density at radius 1 is 1.30 bits per heavy atom. The van der Waals surface area contributed by atoms with Gasteiger partial charge in [-0.2, -0.15) is 0 Å². The molecular weight excluding hydrogens is 360 g/mol. The van der Waals surface area contributed by atoms with Gasteiger partial charge in [0.1, 0.15) is 5.75 Å². The van der Waals surface area contributed by atoms with Gasteiger partial charge in [-0.3, -0.25) is 0 Å². The molecule has 1 atom stereocenters. The van der Waals surface area contributed by atoms with Gasteiger partial charge in [-0.25, -0.2) is 4.79 Å². The average molecular weight is 379 g/mol. The Bertz CT molecular complexity index is 677. The van der Waals surface area contributed by atoms with Gasteiger partial charge >= 0.3 is 6.03 Å². The summed E-state index contributed by atoms with van der Waals surface area (Å²) in [6, 6.07) is 12.1. The predicted octanol–water partition coefficient (Wildman–Crippen LogP) is 3.62. The lowest BCUT2D eigenvalue weighted by Gasteiger charge is -2.19. The molecule has 2 rings (SSSR count). The number of urea groups is 1. The van der Waals surface area contributed by atoms with Crippen molar-refractivity contribution in [3.63, 3.8) is 0 Å². The Labute approximate surface area is 143 Å². The number of methoxy groups -OCH3 is 1. The van der Waals surface area contributed by atoms with Crippen LogP contribution in [0.1, 0.15) is 17.2 Å². The molecule has 6 heteroatoms. The van der Waals surface area contributed by atoms with Crippen LogP contribution in [0.3, 0.4) is 0 Å². The second-order valence-corrected chi connectivity index (χ2v) is 5.96. The molecular formula is C17H19BrN2O3. The highest BCUT2D eigenvalue weighted by Gasteiger charge is 2.16. The van der Waals surface area contributed by atoms with Gasteiger partial charge in [0.15, 0.2) is 0 Å². The predicted molar refractivity (Wildman–Crippen MR) is 93.9 cm³/mol. The van der Waals surface area contributed by atoms with Crippen LogP contribution in [0.15, 0.2) is 46.9 Å². The highest BCUT2D eigenvalue weighted by molar-refractivity contribution is 9.10. The number of benzene rings is 2. The number of carbonyl (C=O) groups excluding carboxylic acids is 1. The van der Waals surface area contributed by atoms with Crippen LogP contribution in [0.2, 0.25) is 0 Å². The maximum absolute atomic E-state index is 12.3. The molecule has 0 bridgehead atoms. The lowest BCUT2D eigenvalue weighted by atomic mass is 10.1. The summed E-state index contributed by atoms with van der Waals surface area (Å²) in [5.74, 6) is 0.562. The second kappa shape index (κ2) is 7.99. The van der Waals surface area contributed by atoms with Gasteiger partial charge in [0.2, 0.25) is 0 Å². The van der Waals surface area contributed by atoms with E-state index in [2.05, 4.69) is 26.6 Å². The normalized spacial score (nSPS) is 11.7. The standard InChI is InChI=1S/C17H19BrN2O3/c1-11-8-13(18)9-15(23-2)16(11)20-17(22)19-14(10-21)12-6-4-3-5-7-12/h3-9,14,21H,10H2,1-2H3,(H2,19,20,22)/t14-/m1/s1. The largest absolute Gasteiger partial charge is 0.495 e. The molecule has 0 radical (unpaired) electrons. The third-order valence-corrected chi connectivity index (χ3v) is 3.87. The number of nitrogens with one attached hydrogen (secondary N) is 2. The summed E-state index contributed by atoms with van der Waals surface area (Å²) in [7, 11) is 1.55. The number of hydrogen-bond donors (Lipinski definition) is 3. The first-order valence-corrected chi connectivity index (χ1v) is 7.92. The zero-order chi connectivity index (χ0) is 16.8. The van der Waals surface area contributed by atoms with Crippen molar-refractivity contribution >= 4 is 27.6 Å². The molecule has 0 saturated carbocycles. The van der Waals surface area contributed by atoms with Crippen molar-refractivity contribution in [2.24, 2.45) is 0 Å². The number of ether oxygens (including phenoxy) is 1. The number of anilines is 1. The summed E-state index contributed by atoms with van der Waals surface area (Å²) in [5.41, 5.74) is 2.30. The molecule has 122 valence electrons. The molecule has 2 aromatic rings. The first-order valence-electron chi connectivity index (χ1n) is 7.12. The Morgan fingerprint density at radius 2 is 2.00 bits per heavy atom. The van der Waals surface area contributed by atoms with Crippen LogP contribution in [-0.4, -0.2) is 24.9 Å². The minimum Gasteiger partial charge on any atom is -0.495 e. The Hall–Kier alpha value is -2.05. The summed E-state index contributed by atoms with van der Waals surface area (Å²) in [6.45, 7) is 1.69. The zero-order valence-electron chi connectivity index (χ0n) is 13.0. The van der Waals surface area contributed by atoms with Crippen LogP contribution < -0.4 is 15.4 Å². The lowest BCUT2D eigenvalue weighted by Crippen LogP contribution is -2.34. The molecule has 2 amide bonds. The van der Waals surface area contributed by atoms with Crippen molar-refractivity contribution < 1.29 is 14.6 Å². The fourth-order valence-corrected chi connectivity index (χ4v) is 2.81. The van der Waals surface area contributed by atoms with Gasteiger partial charge in [-0.1, -0.05) is 46.3 Å². The van der Waals surface area contributed by atoms with E-state index in [9.17, 15) is 9.90 Å². The van der Waals surface area contributed by atoms with Crippen LogP contribution in [0.4, 0.5) is 10.5 Å². The summed E-state index contributed by atoms with van der Waals surface area (Å²) in [5, 5.41) is 15.1. The van der Waals surface area contributed by atoms with Crippen LogP contribution >= 0.6 is 15.9 Å². The number of carbonyl (C=O) groups is 1. The Morgan fingerprint density at radius 3 is 2.61 bits per heavy atom. The Balaban J connectivity index is 2.13. The molecule has 0 unspecified atom stereocenters. The fourth-order valence-electron chi connectivity index (χ4n) is 2.26. The first-order chi connectivity index (χ1) is 11.0. The minimum atomic E-state index is -0.474. The first kappa shape index (κ1) is 17.3. The number of aliphatic hydroxyl groups is 1. The SMILES string of the molecule is COc1cc(Br)cc(C)c1NC(=O)N[C@H](CO)c1ccccc1. The van der Waals surface area contributed by atoms with Gasteiger partial charge in [-0.05, 0) is 30.2 Å². The molecule has 0 fully saturated rings. The van der Waals surface area contributed by atoms with Gasteiger partial charge in [-0.15, -0.1) is 0 Å². The number of hydrogen-bond acceptors (Lipinski definition) is 3. The molecule has 0 aliphatic rings. The van der Waals surface area contributed by atoms with Crippen molar-refractivity contribution in [3.8, 4) is 5.75 Å². The maximum Gasteiger partial charge on any atom is 0.319 e. The summed E-state index contributed by atoms with van der Waals surface area (Å²) in [4.78, 5) is 12.3. The zero-order valence-corrected chi connectivity index (χ0v) is 14.6. The van der Waals surface area contributed by atoms with Crippen LogP contribution in [-0.2, 0) is 0 Å². The topological polar surface area (TPSA) is 70.6 Å². The summed E-state index contributed by atoms with van der Waals surface area (Å²) < 4.78 is 6.17. The van der Waals surface area contributed by atoms with E-state index in [-0.39, 0.29) is 6.61 Å². The third-order valence-electron chi connectivity index (χ3n) is 3.41. The Kier molecular flexibility index (Phi) is 6.01. The van der Waals surface area contributed by atoms with E-state index in [1.807, 2.05) is 43.3 Å². The number of halogens is 1. The smallest absolute Gasteiger partial charge is 0.319 e. The molecule has 0 saturated heterocycles. The van der Waals surface area contributed by atoms with E-state index in [1.165, 1.54) is 0 Å². The van der Waals surface area contributed by atoms with Crippen LogP contribution in [0.5, 0.6) is 5.75 Å². The second-order valence-electron chi connectivity index (χ2n) is 5.04. The molecule has 3 N–H and O–H groups in total. The van der Waals surface area contributed by atoms with E-state index in [1.54, 1.807) is 13.2 Å². The molecule has 0 aliphatic carbocycles. The highest BCUT2D eigenvalue weighted by Crippen LogP contribution is 2.32. The summed E-state index contributed by atoms with van der Waals surface area (Å²) in [6.07, 6.45) is 0. The fraction of sp³-hybridized carbons (Fsp3) is 0.235. The highest BCUT2D eigenvalue weighted by atomic mass is 79.9. The van der Waals surface area contributed by atoms with Crippen LogP contribution in [0.25, 0.3) is 0 Å². The number of rotatable bonds is 5. The average Bonchev–Trinajstić information content (AvgIpc) is 2.55. The molecule has 23 heavy (non-hydrogen) atoms. The van der Waals surface area contributed by atoms with E-state index in [4.69, 9.17) is 4.74 Å². The molecule has 0 spiro atoms. The van der Waals surface area contributed by atoms with Crippen LogP contribution in [0, 0.1) is 6.92 Å². The molecule has 0 heterocycles. The van der Waals surface area contributed by atoms with Gasteiger partial charge in [0.25, 0.3) is 0 Å². The molecule has 2 aromatic carbocycles. The monoisotopic (exact) mass is 378 g/mol. The quantitative estimate of drug-likeness (QED) is 0.743. The number of amides is 2. The van der Waals surface area contributed by atoms with Gasteiger partial charge < -0.3 is 20.5 Å². The number of aryl methyl sites for hydroxylation is 1. The molecule has 0 aromatic heterocycles. The van der Waals surface area contributed by atoms with Gasteiger partial charge in [0, 0.05) is 4.47 Å². The molecule has 0 aliphatic heterocycles. The minimum absolute atomic E-state index is 0.187. The van der Waals surface area contributed by atoms with E-state index in [0.29, 0.717) is 11.4 Å². The lowest BCUT2D eigenvalue weighted by molar-refractivity contribution is 0.225. The van der Waals surface area contributed by atoms with E-state index in [0.717, 1.165) is 15.6 Å². The van der Waals surface area contributed by atoms with E-state index >= 15 is 0 Å². The van der Waals surface area contributed by atoms with Crippen molar-refractivity contribution in [2.75, 3.05) is 19.0 Å². The van der Waals surface area contributed by atoms with E-state index < -0.39 is 12.1 Å². The number of aliphatic hydroxyl groups excluding tert-OH is 1. The third kappa shape index (κ3) is 4.46. The van der Waals surface area contributed by atoms with Crippen molar-refractivity contribution in [1.29, 1.82) is 0 Å². The van der Waals surface area contributed by atoms with Crippen molar-refractivity contribution in [2.45, 2.75) is 13.0 Å². The summed E-state index contributed by atoms with van der Waals surface area (Å²) >= 11 is 3.39. The van der Waals surface area contributed by atoms with Gasteiger partial charge in [0.05, 0.1) is 25.4 Å². The molecule has 5 nitrogen and oxygen atoms in total.